The Balaban J connectivity index is 1.48. The molecular formula is C26H38F2N4O3. The number of piperidine rings is 1. The third kappa shape index (κ3) is 8.65. The lowest BCUT2D eigenvalue weighted by Crippen LogP contribution is -2.48. The zero-order valence-electron chi connectivity index (χ0n) is 20.7. The van der Waals surface area contributed by atoms with Crippen LogP contribution in [0.5, 0.6) is 0 Å². The van der Waals surface area contributed by atoms with Gasteiger partial charge in [-0.05, 0) is 25.3 Å². The van der Waals surface area contributed by atoms with Crippen LogP contribution in [0.15, 0.2) is 30.9 Å². The van der Waals surface area contributed by atoms with Gasteiger partial charge in [-0.25, -0.2) is 18.4 Å². The number of benzene rings is 1. The fourth-order valence-corrected chi connectivity index (χ4v) is 4.70. The molecule has 0 spiro atoms. The van der Waals surface area contributed by atoms with E-state index in [-0.39, 0.29) is 30.7 Å². The third-order valence-corrected chi connectivity index (χ3v) is 6.62. The van der Waals surface area contributed by atoms with E-state index in [1.54, 1.807) is 0 Å². The van der Waals surface area contributed by atoms with E-state index in [0.717, 1.165) is 31.4 Å². The standard InChI is InChI=1S/C26H38F2N4O3/c1-2-3-4-5-6-7-8-9-25(33)35-22-12-14-31(15-13-22)17-26(34,18-32-20-29-19-30-32)23-11-10-21(27)16-24(23)28/h10-11,16,19-20,22,34H,2-9,12-15,17-18H2,1H3. The Hall–Kier alpha value is -2.39. The zero-order chi connectivity index (χ0) is 25.1. The number of halogens is 2. The number of unbranched alkanes of at least 4 members (excludes halogenated alkanes) is 6. The average Bonchev–Trinajstić information content (AvgIpc) is 3.32. The molecule has 1 aliphatic heterocycles. The van der Waals surface area contributed by atoms with Gasteiger partial charge in [0, 0.05) is 37.7 Å². The maximum absolute atomic E-state index is 14.6. The van der Waals surface area contributed by atoms with Crippen LogP contribution in [0.3, 0.4) is 0 Å². The van der Waals surface area contributed by atoms with Gasteiger partial charge in [-0.3, -0.25) is 9.69 Å². The van der Waals surface area contributed by atoms with Gasteiger partial charge in [0.25, 0.3) is 0 Å². The molecular weight excluding hydrogens is 454 g/mol. The number of likely N-dealkylation sites (tertiary alicyclic amines) is 1. The smallest absolute Gasteiger partial charge is 0.306 e. The topological polar surface area (TPSA) is 80.5 Å². The molecule has 7 nitrogen and oxygen atoms in total. The highest BCUT2D eigenvalue weighted by atomic mass is 19.1. The first-order valence-corrected chi connectivity index (χ1v) is 12.8. The Labute approximate surface area is 206 Å². The molecule has 0 amide bonds. The van der Waals surface area contributed by atoms with Crippen LogP contribution in [0.2, 0.25) is 0 Å². The van der Waals surface area contributed by atoms with E-state index in [9.17, 15) is 18.7 Å². The van der Waals surface area contributed by atoms with E-state index >= 15 is 0 Å². The molecule has 3 rings (SSSR count). The summed E-state index contributed by atoms with van der Waals surface area (Å²) in [6.45, 7) is 3.50. The van der Waals surface area contributed by atoms with Crippen LogP contribution in [0.4, 0.5) is 8.78 Å². The van der Waals surface area contributed by atoms with Crippen LogP contribution >= 0.6 is 0 Å². The van der Waals surface area contributed by atoms with E-state index in [1.165, 1.54) is 49.1 Å². The predicted octanol–water partition coefficient (Wildman–Crippen LogP) is 4.59. The molecule has 1 aromatic heterocycles. The van der Waals surface area contributed by atoms with Crippen molar-refractivity contribution in [3.05, 3.63) is 48.1 Å². The van der Waals surface area contributed by atoms with Crippen molar-refractivity contribution in [2.24, 2.45) is 0 Å². The molecule has 0 saturated carbocycles. The lowest BCUT2D eigenvalue weighted by Gasteiger charge is -2.38. The van der Waals surface area contributed by atoms with Crippen LogP contribution in [0, 0.1) is 11.6 Å². The quantitative estimate of drug-likeness (QED) is 0.307. The summed E-state index contributed by atoms with van der Waals surface area (Å²) in [5.41, 5.74) is -1.62. The number of ether oxygens (including phenoxy) is 1. The van der Waals surface area contributed by atoms with Crippen molar-refractivity contribution in [2.75, 3.05) is 19.6 Å². The van der Waals surface area contributed by atoms with Gasteiger partial charge < -0.3 is 9.84 Å². The number of carbonyl (C=O) groups is 1. The van der Waals surface area contributed by atoms with E-state index < -0.39 is 17.2 Å². The van der Waals surface area contributed by atoms with Crippen molar-refractivity contribution in [1.82, 2.24) is 19.7 Å². The minimum Gasteiger partial charge on any atom is -0.462 e. The predicted molar refractivity (Wildman–Crippen MR) is 128 cm³/mol. The molecule has 1 atom stereocenters. The summed E-state index contributed by atoms with van der Waals surface area (Å²) >= 11 is 0. The van der Waals surface area contributed by atoms with Crippen molar-refractivity contribution >= 4 is 5.97 Å². The van der Waals surface area contributed by atoms with Crippen LogP contribution in [0.25, 0.3) is 0 Å². The van der Waals surface area contributed by atoms with Gasteiger partial charge in [-0.15, -0.1) is 0 Å². The SMILES string of the molecule is CCCCCCCCCC(=O)OC1CCN(CC(O)(Cn2cncn2)c2ccc(F)cc2F)CC1. The second-order valence-corrected chi connectivity index (χ2v) is 9.59. The van der Waals surface area contributed by atoms with Crippen LogP contribution < -0.4 is 0 Å². The summed E-state index contributed by atoms with van der Waals surface area (Å²) in [6, 6.07) is 3.19. The average molecular weight is 493 g/mol. The molecule has 1 aromatic carbocycles. The Bertz CT molecular complexity index is 904. The number of aliphatic hydroxyl groups is 1. The summed E-state index contributed by atoms with van der Waals surface area (Å²) in [4.78, 5) is 18.1. The first-order valence-electron chi connectivity index (χ1n) is 12.8. The molecule has 2 heterocycles. The van der Waals surface area contributed by atoms with Gasteiger partial charge in [0.1, 0.15) is 36.0 Å². The van der Waals surface area contributed by atoms with Crippen molar-refractivity contribution in [1.29, 1.82) is 0 Å². The fourth-order valence-electron chi connectivity index (χ4n) is 4.70. The third-order valence-electron chi connectivity index (χ3n) is 6.62. The van der Waals surface area contributed by atoms with E-state index in [1.807, 2.05) is 4.90 Å². The summed E-state index contributed by atoms with van der Waals surface area (Å²) in [6.07, 6.45) is 12.5. The molecule has 194 valence electrons. The highest BCUT2D eigenvalue weighted by molar-refractivity contribution is 5.69. The van der Waals surface area contributed by atoms with Crippen molar-refractivity contribution < 1.29 is 23.4 Å². The molecule has 9 heteroatoms. The van der Waals surface area contributed by atoms with Gasteiger partial charge >= 0.3 is 5.97 Å². The Morgan fingerprint density at radius 2 is 1.83 bits per heavy atom. The van der Waals surface area contributed by atoms with Crippen molar-refractivity contribution in [3.8, 4) is 0 Å². The largest absolute Gasteiger partial charge is 0.462 e. The molecule has 35 heavy (non-hydrogen) atoms. The highest BCUT2D eigenvalue weighted by Gasteiger charge is 2.37. The van der Waals surface area contributed by atoms with Gasteiger partial charge in [-0.2, -0.15) is 5.10 Å². The molecule has 1 unspecified atom stereocenters. The minimum absolute atomic E-state index is 0.0117. The molecule has 0 radical (unpaired) electrons. The maximum Gasteiger partial charge on any atom is 0.306 e. The first kappa shape index (κ1) is 27.2. The zero-order valence-corrected chi connectivity index (χ0v) is 20.7. The summed E-state index contributed by atoms with van der Waals surface area (Å²) in [5.74, 6) is -1.65. The molecule has 0 bridgehead atoms. The van der Waals surface area contributed by atoms with Gasteiger partial charge in [0.15, 0.2) is 0 Å². The molecule has 1 aliphatic rings. The number of esters is 1. The summed E-state index contributed by atoms with van der Waals surface area (Å²) < 4.78 is 35.2. The normalized spacial score (nSPS) is 16.8. The first-order chi connectivity index (χ1) is 16.9. The monoisotopic (exact) mass is 492 g/mol. The Morgan fingerprint density at radius 1 is 1.11 bits per heavy atom. The Kier molecular flexibility index (Phi) is 10.6. The summed E-state index contributed by atoms with van der Waals surface area (Å²) in [7, 11) is 0. The molecule has 1 N–H and O–H groups in total. The highest BCUT2D eigenvalue weighted by Crippen LogP contribution is 2.29. The van der Waals surface area contributed by atoms with E-state index in [2.05, 4.69) is 17.0 Å². The maximum atomic E-state index is 14.6. The van der Waals surface area contributed by atoms with E-state index in [4.69, 9.17) is 4.74 Å². The number of rotatable bonds is 14. The van der Waals surface area contributed by atoms with Gasteiger partial charge in [0.05, 0.1) is 6.54 Å². The van der Waals surface area contributed by atoms with Gasteiger partial charge in [0.2, 0.25) is 0 Å². The molecule has 2 aromatic rings. The second kappa shape index (κ2) is 13.6. The molecule has 1 fully saturated rings. The van der Waals surface area contributed by atoms with Crippen LogP contribution in [-0.2, 0) is 21.7 Å². The number of carbonyl (C=O) groups excluding carboxylic acids is 1. The number of aromatic nitrogens is 3. The number of nitrogens with zero attached hydrogens (tertiary/aromatic N) is 4. The van der Waals surface area contributed by atoms with Crippen molar-refractivity contribution in [2.45, 2.75) is 89.4 Å². The lowest BCUT2D eigenvalue weighted by atomic mass is 9.91. The fraction of sp³-hybridized carbons (Fsp3) is 0.654. The number of hydrogen-bond donors (Lipinski definition) is 1. The van der Waals surface area contributed by atoms with Crippen LogP contribution in [-0.4, -0.2) is 56.5 Å². The molecule has 1 saturated heterocycles. The number of hydrogen-bond acceptors (Lipinski definition) is 6. The van der Waals surface area contributed by atoms with Crippen molar-refractivity contribution in [3.63, 3.8) is 0 Å². The second-order valence-electron chi connectivity index (χ2n) is 9.59. The summed E-state index contributed by atoms with van der Waals surface area (Å²) in [5, 5.41) is 15.5. The number of β-amino-alcohol motifs (C(OH)–C–C–N with tert-alkyl or cyclic N) is 1. The molecule has 0 aliphatic carbocycles. The lowest BCUT2D eigenvalue weighted by molar-refractivity contribution is -0.152. The van der Waals surface area contributed by atoms with E-state index in [0.29, 0.717) is 32.4 Å². The van der Waals surface area contributed by atoms with Gasteiger partial charge in [-0.1, -0.05) is 51.5 Å². The van der Waals surface area contributed by atoms with Crippen LogP contribution in [0.1, 0.15) is 76.7 Å². The minimum atomic E-state index is -1.63. The Morgan fingerprint density at radius 3 is 2.49 bits per heavy atom.